The van der Waals surface area contributed by atoms with Crippen molar-refractivity contribution in [3.8, 4) is 0 Å². The fourth-order valence-corrected chi connectivity index (χ4v) is 2.30. The third-order valence-corrected chi connectivity index (χ3v) is 3.75. The van der Waals surface area contributed by atoms with Crippen LogP contribution in [0.2, 0.25) is 5.02 Å². The second kappa shape index (κ2) is 6.25. The number of nitro groups is 1. The number of hydrogen-bond acceptors (Lipinski definition) is 5. The van der Waals surface area contributed by atoms with E-state index in [-0.39, 0.29) is 22.3 Å². The average molecular weight is 343 g/mol. The fraction of sp³-hybridized carbons (Fsp3) is 0.0588. The minimum Gasteiger partial charge on any atom is -0.402 e. The first kappa shape index (κ1) is 15.9. The van der Waals surface area contributed by atoms with Crippen LogP contribution < -0.4 is 0 Å². The highest BCUT2D eigenvalue weighted by Gasteiger charge is 2.24. The van der Waals surface area contributed by atoms with Crippen LogP contribution in [0, 0.1) is 17.0 Å². The Labute approximate surface area is 142 Å². The van der Waals surface area contributed by atoms with E-state index in [0.29, 0.717) is 11.1 Å². The molecule has 24 heavy (non-hydrogen) atoms. The van der Waals surface area contributed by atoms with Crippen molar-refractivity contribution in [2.75, 3.05) is 0 Å². The molecule has 0 fully saturated rings. The number of hydrogen-bond donors (Lipinski definition) is 0. The Hall–Kier alpha value is -2.99. The van der Waals surface area contributed by atoms with E-state index in [1.165, 1.54) is 24.3 Å². The third-order valence-electron chi connectivity index (χ3n) is 3.40. The molecule has 6 nitrogen and oxygen atoms in total. The molecule has 1 aliphatic rings. The first-order chi connectivity index (χ1) is 11.4. The van der Waals surface area contributed by atoms with Gasteiger partial charge in [0.2, 0.25) is 5.90 Å². The number of non-ortho nitro benzene ring substituents is 1. The topological polar surface area (TPSA) is 81.8 Å². The zero-order valence-corrected chi connectivity index (χ0v) is 13.3. The summed E-state index contributed by atoms with van der Waals surface area (Å²) in [6, 6.07) is 11.3. The van der Waals surface area contributed by atoms with Crippen LogP contribution >= 0.6 is 11.6 Å². The van der Waals surface area contributed by atoms with Crippen molar-refractivity contribution in [3.05, 3.63) is 80.0 Å². The second-order valence-corrected chi connectivity index (χ2v) is 5.57. The summed E-state index contributed by atoms with van der Waals surface area (Å²) in [5.41, 5.74) is 1.98. The molecule has 0 atom stereocenters. The van der Waals surface area contributed by atoms with Crippen molar-refractivity contribution < 1.29 is 14.5 Å². The van der Waals surface area contributed by atoms with E-state index in [9.17, 15) is 14.9 Å². The molecule has 0 saturated heterocycles. The van der Waals surface area contributed by atoms with Crippen LogP contribution in [-0.2, 0) is 9.53 Å². The van der Waals surface area contributed by atoms with Crippen molar-refractivity contribution in [1.29, 1.82) is 0 Å². The first-order valence-corrected chi connectivity index (χ1v) is 7.35. The summed E-state index contributed by atoms with van der Waals surface area (Å²) in [6.45, 7) is 1.95. The average Bonchev–Trinajstić information content (AvgIpc) is 2.91. The van der Waals surface area contributed by atoms with Gasteiger partial charge in [0.05, 0.1) is 4.92 Å². The number of aliphatic imine (C=N–C) groups is 1. The van der Waals surface area contributed by atoms with E-state index in [0.717, 1.165) is 5.56 Å². The number of benzene rings is 2. The minimum absolute atomic E-state index is 0.0352. The lowest BCUT2D eigenvalue weighted by molar-refractivity contribution is -0.384. The molecule has 1 aliphatic heterocycles. The fourth-order valence-electron chi connectivity index (χ4n) is 2.13. The predicted molar refractivity (Wildman–Crippen MR) is 89.9 cm³/mol. The highest BCUT2D eigenvalue weighted by molar-refractivity contribution is 6.32. The summed E-state index contributed by atoms with van der Waals surface area (Å²) < 4.78 is 5.16. The van der Waals surface area contributed by atoms with Crippen LogP contribution in [0.15, 0.2) is 53.2 Å². The van der Waals surface area contributed by atoms with E-state index in [4.69, 9.17) is 16.3 Å². The maximum Gasteiger partial charge on any atom is 0.363 e. The normalized spacial score (nSPS) is 15.3. The first-order valence-electron chi connectivity index (χ1n) is 6.97. The molecule has 7 heteroatoms. The van der Waals surface area contributed by atoms with Crippen LogP contribution in [0.25, 0.3) is 6.08 Å². The molecule has 0 bridgehead atoms. The molecule has 0 aliphatic carbocycles. The molecule has 2 aromatic carbocycles. The molecule has 2 aromatic rings. The lowest BCUT2D eigenvalue weighted by Crippen LogP contribution is -2.05. The van der Waals surface area contributed by atoms with Crippen molar-refractivity contribution in [3.63, 3.8) is 0 Å². The zero-order chi connectivity index (χ0) is 17.3. The van der Waals surface area contributed by atoms with Crippen LogP contribution in [0.3, 0.4) is 0 Å². The van der Waals surface area contributed by atoms with Crippen LogP contribution in [0.1, 0.15) is 16.7 Å². The van der Waals surface area contributed by atoms with E-state index >= 15 is 0 Å². The lowest BCUT2D eigenvalue weighted by Gasteiger charge is -1.99. The molecule has 0 spiro atoms. The summed E-state index contributed by atoms with van der Waals surface area (Å²) in [5.74, 6) is -0.444. The Morgan fingerprint density at radius 2 is 1.92 bits per heavy atom. The second-order valence-electron chi connectivity index (χ2n) is 5.17. The number of cyclic esters (lactones) is 1. The Bertz CT molecular complexity index is 901. The Morgan fingerprint density at radius 1 is 1.21 bits per heavy atom. The molecule has 1 heterocycles. The van der Waals surface area contributed by atoms with Crippen molar-refractivity contribution in [2.45, 2.75) is 6.92 Å². The Kier molecular flexibility index (Phi) is 4.14. The molecule has 0 radical (unpaired) electrons. The highest BCUT2D eigenvalue weighted by Crippen LogP contribution is 2.26. The number of nitrogens with zero attached hydrogens (tertiary/aromatic N) is 2. The maximum atomic E-state index is 12.0. The molecule has 120 valence electrons. The summed E-state index contributed by atoms with van der Waals surface area (Å²) in [7, 11) is 0. The standard InChI is InChI=1S/C17H11ClN2O4/c1-10-2-4-11(5-3-10)16-19-15(17(21)24-16)9-12-8-13(20(22)23)6-7-14(12)18/h2-9H,1H3/b15-9-. The van der Waals surface area contributed by atoms with E-state index < -0.39 is 10.9 Å². The van der Waals surface area contributed by atoms with Gasteiger partial charge in [0, 0.05) is 28.3 Å². The number of aryl methyl sites for hydroxylation is 1. The summed E-state index contributed by atoms with van der Waals surface area (Å²) in [6.07, 6.45) is 1.37. The van der Waals surface area contributed by atoms with E-state index in [1.54, 1.807) is 12.1 Å². The van der Waals surface area contributed by atoms with Crippen LogP contribution in [0.4, 0.5) is 5.69 Å². The smallest absolute Gasteiger partial charge is 0.363 e. The quantitative estimate of drug-likeness (QED) is 0.366. The summed E-state index contributed by atoms with van der Waals surface area (Å²) in [4.78, 5) is 26.5. The number of esters is 1. The SMILES string of the molecule is Cc1ccc(C2=N/C(=C\c3cc([N+](=O)[O-])ccc3Cl)C(=O)O2)cc1. The minimum atomic E-state index is -0.631. The third kappa shape index (κ3) is 3.18. The van der Waals surface area contributed by atoms with E-state index in [1.807, 2.05) is 19.1 Å². The molecule has 0 saturated carbocycles. The van der Waals surface area contributed by atoms with Gasteiger partial charge in [0.1, 0.15) is 0 Å². The van der Waals surface area contributed by atoms with Gasteiger partial charge in [0.25, 0.3) is 5.69 Å². The molecular formula is C17H11ClN2O4. The number of rotatable bonds is 3. The Morgan fingerprint density at radius 3 is 2.58 bits per heavy atom. The number of ether oxygens (including phenoxy) is 1. The van der Waals surface area contributed by atoms with Crippen molar-refractivity contribution >= 4 is 35.2 Å². The van der Waals surface area contributed by atoms with Gasteiger partial charge in [-0.15, -0.1) is 0 Å². The van der Waals surface area contributed by atoms with Gasteiger partial charge in [-0.25, -0.2) is 9.79 Å². The van der Waals surface area contributed by atoms with Gasteiger partial charge in [-0.05, 0) is 31.2 Å². The van der Waals surface area contributed by atoms with Crippen LogP contribution in [-0.4, -0.2) is 16.8 Å². The summed E-state index contributed by atoms with van der Waals surface area (Å²) in [5, 5.41) is 11.1. The number of halogens is 1. The number of carbonyl (C=O) groups is 1. The van der Waals surface area contributed by atoms with Crippen molar-refractivity contribution in [1.82, 2.24) is 0 Å². The molecule has 0 unspecified atom stereocenters. The lowest BCUT2D eigenvalue weighted by atomic mass is 10.1. The molecular weight excluding hydrogens is 332 g/mol. The van der Waals surface area contributed by atoms with Gasteiger partial charge >= 0.3 is 5.97 Å². The highest BCUT2D eigenvalue weighted by atomic mass is 35.5. The number of carbonyl (C=O) groups excluding carboxylic acids is 1. The van der Waals surface area contributed by atoms with Gasteiger partial charge in [0.15, 0.2) is 5.70 Å². The molecule has 3 rings (SSSR count). The van der Waals surface area contributed by atoms with Crippen LogP contribution in [0.5, 0.6) is 0 Å². The predicted octanol–water partition coefficient (Wildman–Crippen LogP) is 3.90. The largest absolute Gasteiger partial charge is 0.402 e. The van der Waals surface area contributed by atoms with Crippen molar-refractivity contribution in [2.24, 2.45) is 4.99 Å². The maximum absolute atomic E-state index is 12.0. The van der Waals surface area contributed by atoms with Gasteiger partial charge < -0.3 is 4.74 Å². The molecule has 0 aromatic heterocycles. The van der Waals surface area contributed by atoms with E-state index in [2.05, 4.69) is 4.99 Å². The number of nitro benzene ring substituents is 1. The summed E-state index contributed by atoms with van der Waals surface area (Å²) >= 11 is 6.03. The van der Waals surface area contributed by atoms with Gasteiger partial charge in [-0.1, -0.05) is 29.3 Å². The molecule has 0 N–H and O–H groups in total. The molecule has 0 amide bonds. The monoisotopic (exact) mass is 342 g/mol. The zero-order valence-electron chi connectivity index (χ0n) is 12.5. The van der Waals surface area contributed by atoms with Gasteiger partial charge in [-0.3, -0.25) is 10.1 Å². The Balaban J connectivity index is 1.98. The van der Waals surface area contributed by atoms with Gasteiger partial charge in [-0.2, -0.15) is 0 Å².